The van der Waals surface area contributed by atoms with Crippen LogP contribution in [0.25, 0.3) is 0 Å². The minimum atomic E-state index is -0.0000463. The number of Topliss-reactive ketones (excluding diaryl/α,β-unsaturated/α-hetero) is 1. The minimum absolute atomic E-state index is 0.0000463. The molecule has 1 nitrogen and oxygen atoms in total. The lowest BCUT2D eigenvalue weighted by atomic mass is 10.4. The fraction of sp³-hybridized carbons (Fsp3) is 0.100. The van der Waals surface area contributed by atoms with E-state index >= 15 is 0 Å². The number of ketones is 1. The molecule has 0 unspecified atom stereocenters. The van der Waals surface area contributed by atoms with Crippen molar-refractivity contribution in [3.63, 3.8) is 0 Å². The zero-order valence-corrected chi connectivity index (χ0v) is 8.78. The van der Waals surface area contributed by atoms with Gasteiger partial charge in [0.2, 0.25) is 0 Å². The second-order valence-electron chi connectivity index (χ2n) is 2.54. The second-order valence-corrected chi connectivity index (χ2v) is 4.14. The summed E-state index contributed by atoms with van der Waals surface area (Å²) in [5.41, 5.74) is 0. The van der Waals surface area contributed by atoms with Crippen molar-refractivity contribution in [1.82, 2.24) is 0 Å². The Labute approximate surface area is 86.8 Å². The van der Waals surface area contributed by atoms with Crippen molar-refractivity contribution in [2.24, 2.45) is 0 Å². The third kappa shape index (κ3) is 3.25. The Morgan fingerprint density at radius 1 is 1.38 bits per heavy atom. The van der Waals surface area contributed by atoms with Crippen molar-refractivity contribution in [2.75, 3.05) is 0 Å². The van der Waals surface area contributed by atoms with Crippen molar-refractivity contribution in [3.05, 3.63) is 40.8 Å². The van der Waals surface area contributed by atoms with Crippen LogP contribution in [0, 0.1) is 0 Å². The average Bonchev–Trinajstić information content (AvgIpc) is 2.08. The fourth-order valence-corrected chi connectivity index (χ4v) is 1.54. The van der Waals surface area contributed by atoms with Crippen LogP contribution in [0.4, 0.5) is 0 Å². The largest absolute Gasteiger partial charge is 0.294 e. The predicted molar refractivity (Wildman–Crippen MR) is 57.1 cm³/mol. The number of benzene rings is 1. The topological polar surface area (TPSA) is 17.1 Å². The molecular formula is C10H9ClOS. The molecule has 0 aliphatic heterocycles. The van der Waals surface area contributed by atoms with E-state index in [9.17, 15) is 4.79 Å². The molecule has 1 aromatic carbocycles. The molecule has 0 spiro atoms. The highest BCUT2D eigenvalue weighted by molar-refractivity contribution is 8.04. The van der Waals surface area contributed by atoms with E-state index in [1.54, 1.807) is 12.1 Å². The summed E-state index contributed by atoms with van der Waals surface area (Å²) in [6, 6.07) is 7.30. The molecule has 0 aromatic heterocycles. The normalized spacial score (nSPS) is 9.69. The van der Waals surface area contributed by atoms with Gasteiger partial charge in [0.1, 0.15) is 0 Å². The SMILES string of the molecule is C=C(Sc1ccc(Cl)cc1)C(C)=O. The summed E-state index contributed by atoms with van der Waals surface area (Å²) in [7, 11) is 0. The van der Waals surface area contributed by atoms with E-state index in [2.05, 4.69) is 6.58 Å². The molecule has 1 aromatic rings. The van der Waals surface area contributed by atoms with Crippen LogP contribution in [0.5, 0.6) is 0 Å². The van der Waals surface area contributed by atoms with E-state index in [0.29, 0.717) is 9.93 Å². The molecular weight excluding hydrogens is 204 g/mol. The first kappa shape index (κ1) is 10.4. The first-order chi connectivity index (χ1) is 6.09. The van der Waals surface area contributed by atoms with Crippen LogP contribution in [0.1, 0.15) is 6.92 Å². The summed E-state index contributed by atoms with van der Waals surface area (Å²) in [4.78, 5) is 12.4. The standard InChI is InChI=1S/C10H9ClOS/c1-7(12)8(2)13-10-5-3-9(11)4-6-10/h3-6H,2H2,1H3. The van der Waals surface area contributed by atoms with Gasteiger partial charge in [-0.2, -0.15) is 0 Å². The second kappa shape index (κ2) is 4.49. The minimum Gasteiger partial charge on any atom is -0.294 e. The maximum atomic E-state index is 10.9. The third-order valence-corrected chi connectivity index (χ3v) is 2.74. The van der Waals surface area contributed by atoms with Gasteiger partial charge in [-0.1, -0.05) is 29.9 Å². The fourth-order valence-electron chi connectivity index (χ4n) is 0.717. The Morgan fingerprint density at radius 3 is 2.38 bits per heavy atom. The van der Waals surface area contributed by atoms with Crippen molar-refractivity contribution < 1.29 is 4.79 Å². The number of hydrogen-bond donors (Lipinski definition) is 0. The molecule has 0 radical (unpaired) electrons. The van der Waals surface area contributed by atoms with Gasteiger partial charge in [-0.15, -0.1) is 0 Å². The summed E-state index contributed by atoms with van der Waals surface area (Å²) >= 11 is 7.07. The molecule has 0 atom stereocenters. The molecule has 0 heterocycles. The molecule has 0 fully saturated rings. The zero-order chi connectivity index (χ0) is 9.84. The Morgan fingerprint density at radius 2 is 1.92 bits per heavy atom. The number of carbonyl (C=O) groups is 1. The van der Waals surface area contributed by atoms with E-state index in [0.717, 1.165) is 4.90 Å². The van der Waals surface area contributed by atoms with Crippen LogP contribution in [0.15, 0.2) is 40.6 Å². The van der Waals surface area contributed by atoms with E-state index in [1.165, 1.54) is 18.7 Å². The van der Waals surface area contributed by atoms with Gasteiger partial charge in [-0.3, -0.25) is 4.79 Å². The Bertz CT molecular complexity index is 329. The van der Waals surface area contributed by atoms with Crippen LogP contribution in [-0.4, -0.2) is 5.78 Å². The molecule has 0 aliphatic rings. The highest BCUT2D eigenvalue weighted by atomic mass is 35.5. The molecule has 1 rings (SSSR count). The monoisotopic (exact) mass is 212 g/mol. The number of allylic oxidation sites excluding steroid dienone is 1. The summed E-state index contributed by atoms with van der Waals surface area (Å²) < 4.78 is 0. The van der Waals surface area contributed by atoms with Gasteiger partial charge in [0.05, 0.1) is 0 Å². The van der Waals surface area contributed by atoms with Crippen LogP contribution in [-0.2, 0) is 4.79 Å². The summed E-state index contributed by atoms with van der Waals surface area (Å²) in [6.45, 7) is 5.16. The molecule has 68 valence electrons. The Hall–Kier alpha value is -0.730. The smallest absolute Gasteiger partial charge is 0.165 e. The lowest BCUT2D eigenvalue weighted by Crippen LogP contribution is -1.89. The highest BCUT2D eigenvalue weighted by Gasteiger charge is 2.02. The van der Waals surface area contributed by atoms with Crippen LogP contribution < -0.4 is 0 Å². The van der Waals surface area contributed by atoms with Gasteiger partial charge in [-0.05, 0) is 31.2 Å². The molecule has 0 bridgehead atoms. The van der Waals surface area contributed by atoms with E-state index in [4.69, 9.17) is 11.6 Å². The molecule has 0 aliphatic carbocycles. The van der Waals surface area contributed by atoms with E-state index in [-0.39, 0.29) is 5.78 Å². The van der Waals surface area contributed by atoms with Gasteiger partial charge in [0.15, 0.2) is 5.78 Å². The first-order valence-electron chi connectivity index (χ1n) is 3.73. The molecule has 13 heavy (non-hydrogen) atoms. The third-order valence-electron chi connectivity index (χ3n) is 1.45. The van der Waals surface area contributed by atoms with Crippen molar-refractivity contribution in [2.45, 2.75) is 11.8 Å². The van der Waals surface area contributed by atoms with Crippen LogP contribution >= 0.6 is 23.4 Å². The quantitative estimate of drug-likeness (QED) is 0.563. The highest BCUT2D eigenvalue weighted by Crippen LogP contribution is 2.26. The number of hydrogen-bond acceptors (Lipinski definition) is 2. The van der Waals surface area contributed by atoms with E-state index in [1.807, 2.05) is 12.1 Å². The maximum absolute atomic E-state index is 10.9. The van der Waals surface area contributed by atoms with Crippen LogP contribution in [0.2, 0.25) is 5.02 Å². The van der Waals surface area contributed by atoms with Crippen molar-refractivity contribution >= 4 is 29.1 Å². The first-order valence-corrected chi connectivity index (χ1v) is 4.92. The van der Waals surface area contributed by atoms with Gasteiger partial charge in [0, 0.05) is 14.8 Å². The molecule has 3 heteroatoms. The van der Waals surface area contributed by atoms with Gasteiger partial charge in [0.25, 0.3) is 0 Å². The average molecular weight is 213 g/mol. The summed E-state index contributed by atoms with van der Waals surface area (Å²) in [6.07, 6.45) is 0. The number of thioether (sulfide) groups is 1. The Kier molecular flexibility index (Phi) is 3.58. The lowest BCUT2D eigenvalue weighted by molar-refractivity contribution is -0.112. The molecule has 0 N–H and O–H groups in total. The molecule has 0 amide bonds. The lowest BCUT2D eigenvalue weighted by Gasteiger charge is -2.00. The number of rotatable bonds is 3. The van der Waals surface area contributed by atoms with Crippen molar-refractivity contribution in [1.29, 1.82) is 0 Å². The zero-order valence-electron chi connectivity index (χ0n) is 7.21. The summed E-state index contributed by atoms with van der Waals surface area (Å²) in [5.74, 6) is -0.0000463. The number of carbonyl (C=O) groups excluding carboxylic acids is 1. The van der Waals surface area contributed by atoms with Crippen LogP contribution in [0.3, 0.4) is 0 Å². The molecule has 0 saturated heterocycles. The van der Waals surface area contributed by atoms with Gasteiger partial charge >= 0.3 is 0 Å². The van der Waals surface area contributed by atoms with E-state index < -0.39 is 0 Å². The molecule has 0 saturated carbocycles. The summed E-state index contributed by atoms with van der Waals surface area (Å²) in [5, 5.41) is 0.692. The predicted octanol–water partition coefficient (Wildman–Crippen LogP) is 3.53. The van der Waals surface area contributed by atoms with Gasteiger partial charge < -0.3 is 0 Å². The number of halogens is 1. The Balaban J connectivity index is 2.70. The van der Waals surface area contributed by atoms with Gasteiger partial charge in [-0.25, -0.2) is 0 Å². The van der Waals surface area contributed by atoms with Crippen molar-refractivity contribution in [3.8, 4) is 0 Å². The maximum Gasteiger partial charge on any atom is 0.165 e.